The number of carbonyl (C=O) groups is 4. The number of nitrogens with zero attached hydrogens (tertiary/aromatic N) is 1. The van der Waals surface area contributed by atoms with E-state index in [1.165, 1.54) is 0 Å². The van der Waals surface area contributed by atoms with E-state index in [1.807, 2.05) is 13.8 Å². The van der Waals surface area contributed by atoms with Gasteiger partial charge in [0.25, 0.3) is 0 Å². The number of rotatable bonds is 11. The molecule has 0 aliphatic heterocycles. The van der Waals surface area contributed by atoms with Crippen molar-refractivity contribution in [3.8, 4) is 0 Å². The van der Waals surface area contributed by atoms with Crippen LogP contribution in [-0.2, 0) is 25.6 Å². The molecule has 160 valence electrons. The Balaban J connectivity index is 3.18. The van der Waals surface area contributed by atoms with Crippen LogP contribution in [0.5, 0.6) is 0 Å². The molecule has 0 heterocycles. The molecule has 0 bridgehead atoms. The van der Waals surface area contributed by atoms with E-state index in [-0.39, 0.29) is 18.8 Å². The highest BCUT2D eigenvalue weighted by Crippen LogP contribution is 2.16. The van der Waals surface area contributed by atoms with Crippen LogP contribution in [0.1, 0.15) is 38.7 Å². The van der Waals surface area contributed by atoms with Gasteiger partial charge in [0.05, 0.1) is 12.1 Å². The summed E-state index contributed by atoms with van der Waals surface area (Å²) in [7, 11) is 0. The van der Waals surface area contributed by atoms with Crippen molar-refractivity contribution in [1.29, 1.82) is 0 Å². The molecule has 0 spiro atoms. The summed E-state index contributed by atoms with van der Waals surface area (Å²) < 4.78 is 0. The SMILES string of the molecule is CC(C)C[C@H](N)C(=O)N(C(=O)[C@@H](N)Cc1ccccc1)[C@@H](CCC(=O)O)C(=O)O. The lowest BCUT2D eigenvalue weighted by Crippen LogP contribution is -2.58. The Hall–Kier alpha value is -2.78. The molecule has 29 heavy (non-hydrogen) atoms. The Morgan fingerprint density at radius 2 is 1.52 bits per heavy atom. The highest BCUT2D eigenvalue weighted by atomic mass is 16.4. The number of carboxylic acids is 2. The molecule has 0 radical (unpaired) electrons. The third-order valence-corrected chi connectivity index (χ3v) is 4.36. The topological polar surface area (TPSA) is 164 Å². The van der Waals surface area contributed by atoms with E-state index >= 15 is 0 Å². The average Bonchev–Trinajstić information content (AvgIpc) is 2.63. The minimum absolute atomic E-state index is 0.0335. The monoisotopic (exact) mass is 407 g/mol. The average molecular weight is 407 g/mol. The summed E-state index contributed by atoms with van der Waals surface area (Å²) >= 11 is 0. The van der Waals surface area contributed by atoms with Gasteiger partial charge in [-0.25, -0.2) is 4.79 Å². The number of nitrogens with two attached hydrogens (primary N) is 2. The van der Waals surface area contributed by atoms with Gasteiger partial charge in [0.15, 0.2) is 0 Å². The van der Waals surface area contributed by atoms with Crippen molar-refractivity contribution in [2.45, 2.75) is 57.7 Å². The highest BCUT2D eigenvalue weighted by Gasteiger charge is 2.39. The number of carboxylic acid groups (broad SMARTS) is 2. The molecule has 0 saturated heterocycles. The molecule has 0 aliphatic rings. The summed E-state index contributed by atoms with van der Waals surface area (Å²) in [5.74, 6) is -4.46. The molecule has 1 aromatic rings. The van der Waals surface area contributed by atoms with E-state index < -0.39 is 54.7 Å². The van der Waals surface area contributed by atoms with Crippen molar-refractivity contribution >= 4 is 23.8 Å². The van der Waals surface area contributed by atoms with Gasteiger partial charge in [-0.2, -0.15) is 0 Å². The van der Waals surface area contributed by atoms with Gasteiger partial charge < -0.3 is 21.7 Å². The molecule has 1 aromatic carbocycles. The van der Waals surface area contributed by atoms with Gasteiger partial charge in [-0.15, -0.1) is 0 Å². The van der Waals surface area contributed by atoms with Crippen molar-refractivity contribution in [3.63, 3.8) is 0 Å². The van der Waals surface area contributed by atoms with Gasteiger partial charge in [-0.3, -0.25) is 19.3 Å². The van der Waals surface area contributed by atoms with E-state index in [0.29, 0.717) is 4.90 Å². The molecule has 9 heteroatoms. The summed E-state index contributed by atoms with van der Waals surface area (Å²) in [6.07, 6.45) is -0.633. The maximum absolute atomic E-state index is 13.0. The van der Waals surface area contributed by atoms with Gasteiger partial charge in [0, 0.05) is 6.42 Å². The normalized spacial score (nSPS) is 14.1. The van der Waals surface area contributed by atoms with Crippen molar-refractivity contribution in [3.05, 3.63) is 35.9 Å². The molecule has 3 atom stereocenters. The lowest BCUT2D eigenvalue weighted by atomic mass is 9.99. The van der Waals surface area contributed by atoms with E-state index in [2.05, 4.69) is 0 Å². The Kier molecular flexibility index (Phi) is 9.43. The second-order valence-electron chi connectivity index (χ2n) is 7.37. The smallest absolute Gasteiger partial charge is 0.326 e. The molecule has 9 nitrogen and oxygen atoms in total. The van der Waals surface area contributed by atoms with Crippen molar-refractivity contribution in [2.24, 2.45) is 17.4 Å². The molecule has 0 aromatic heterocycles. The number of hydrogen-bond acceptors (Lipinski definition) is 6. The Labute approximate surface area is 169 Å². The number of amides is 2. The van der Waals surface area contributed by atoms with Gasteiger partial charge in [0.1, 0.15) is 6.04 Å². The molecule has 0 unspecified atom stereocenters. The Morgan fingerprint density at radius 1 is 0.966 bits per heavy atom. The summed E-state index contributed by atoms with van der Waals surface area (Å²) in [5.41, 5.74) is 12.6. The van der Waals surface area contributed by atoms with E-state index in [1.54, 1.807) is 30.3 Å². The van der Waals surface area contributed by atoms with Crippen LogP contribution in [0.4, 0.5) is 0 Å². The molecule has 2 amide bonds. The Morgan fingerprint density at radius 3 is 2.00 bits per heavy atom. The van der Waals surface area contributed by atoms with Crippen LogP contribution in [0, 0.1) is 5.92 Å². The van der Waals surface area contributed by atoms with Crippen LogP contribution in [0.2, 0.25) is 0 Å². The molecule has 6 N–H and O–H groups in total. The molecule has 0 aliphatic carbocycles. The number of benzene rings is 1. The first-order chi connectivity index (χ1) is 13.5. The van der Waals surface area contributed by atoms with Gasteiger partial charge in [-0.05, 0) is 30.7 Å². The standard InChI is InChI=1S/C20H29N3O6/c1-12(2)10-14(21)18(26)23(16(20(28)29)8-9-17(24)25)19(27)15(22)11-13-6-4-3-5-7-13/h3-7,12,14-16H,8-11,21-22H2,1-2H3,(H,24,25)(H,28,29)/t14-,15-,16-/m0/s1. The first-order valence-corrected chi connectivity index (χ1v) is 9.41. The van der Waals surface area contributed by atoms with Gasteiger partial charge in [-0.1, -0.05) is 44.2 Å². The zero-order chi connectivity index (χ0) is 22.1. The van der Waals surface area contributed by atoms with Crippen molar-refractivity contribution in [1.82, 2.24) is 4.90 Å². The van der Waals surface area contributed by atoms with E-state index in [9.17, 15) is 24.3 Å². The minimum Gasteiger partial charge on any atom is -0.481 e. The van der Waals surface area contributed by atoms with Crippen LogP contribution >= 0.6 is 0 Å². The third-order valence-electron chi connectivity index (χ3n) is 4.36. The molecule has 0 saturated carbocycles. The molecule has 1 rings (SSSR count). The predicted octanol–water partition coefficient (Wildman–Crippen LogP) is 0.603. The second-order valence-corrected chi connectivity index (χ2v) is 7.37. The van der Waals surface area contributed by atoms with E-state index in [4.69, 9.17) is 16.6 Å². The van der Waals surface area contributed by atoms with E-state index in [0.717, 1.165) is 5.56 Å². The van der Waals surface area contributed by atoms with Crippen LogP contribution < -0.4 is 11.5 Å². The lowest BCUT2D eigenvalue weighted by Gasteiger charge is -2.31. The predicted molar refractivity (Wildman–Crippen MR) is 106 cm³/mol. The fourth-order valence-electron chi connectivity index (χ4n) is 2.96. The molecular formula is C20H29N3O6. The molecule has 0 fully saturated rings. The minimum atomic E-state index is -1.66. The fraction of sp³-hybridized carbons (Fsp3) is 0.500. The molecular weight excluding hydrogens is 378 g/mol. The third kappa shape index (κ3) is 7.63. The summed E-state index contributed by atoms with van der Waals surface area (Å²) in [6.45, 7) is 3.67. The first-order valence-electron chi connectivity index (χ1n) is 9.41. The number of aliphatic carboxylic acids is 2. The van der Waals surface area contributed by atoms with Crippen molar-refractivity contribution < 1.29 is 29.4 Å². The van der Waals surface area contributed by atoms with Crippen LogP contribution in [0.25, 0.3) is 0 Å². The lowest BCUT2D eigenvalue weighted by molar-refractivity contribution is -0.160. The highest BCUT2D eigenvalue weighted by molar-refractivity contribution is 6.03. The van der Waals surface area contributed by atoms with Gasteiger partial charge >= 0.3 is 11.9 Å². The maximum atomic E-state index is 13.0. The van der Waals surface area contributed by atoms with Crippen LogP contribution in [0.15, 0.2) is 30.3 Å². The van der Waals surface area contributed by atoms with Crippen LogP contribution in [-0.4, -0.2) is 57.0 Å². The fourth-order valence-corrected chi connectivity index (χ4v) is 2.96. The summed E-state index contributed by atoms with van der Waals surface area (Å²) in [6, 6.07) is 4.89. The Bertz CT molecular complexity index is 722. The maximum Gasteiger partial charge on any atom is 0.326 e. The van der Waals surface area contributed by atoms with Gasteiger partial charge in [0.2, 0.25) is 11.8 Å². The summed E-state index contributed by atoms with van der Waals surface area (Å²) in [4.78, 5) is 49.1. The quantitative estimate of drug-likeness (QED) is 0.414. The number of carbonyl (C=O) groups excluding carboxylic acids is 2. The largest absolute Gasteiger partial charge is 0.481 e. The zero-order valence-electron chi connectivity index (χ0n) is 16.7. The number of hydrogen-bond donors (Lipinski definition) is 4. The first kappa shape index (κ1) is 24.3. The van der Waals surface area contributed by atoms with Crippen molar-refractivity contribution in [2.75, 3.05) is 0 Å². The zero-order valence-corrected chi connectivity index (χ0v) is 16.7. The van der Waals surface area contributed by atoms with Crippen LogP contribution in [0.3, 0.4) is 0 Å². The summed E-state index contributed by atoms with van der Waals surface area (Å²) in [5, 5.41) is 18.5. The second kappa shape index (κ2) is 11.3. The number of imide groups is 1.